The molecule has 0 aliphatic carbocycles. The molecule has 0 saturated carbocycles. The lowest BCUT2D eigenvalue weighted by atomic mass is 10.2. The van der Waals surface area contributed by atoms with E-state index in [4.69, 9.17) is 18.9 Å². The van der Waals surface area contributed by atoms with E-state index in [1.54, 1.807) is 60.7 Å². The molecule has 0 bridgehead atoms. The normalized spacial score (nSPS) is 9.71. The lowest BCUT2D eigenvalue weighted by Crippen LogP contribution is -2.14. The van der Waals surface area contributed by atoms with Crippen LogP contribution in [0.3, 0.4) is 0 Å². The van der Waals surface area contributed by atoms with Crippen molar-refractivity contribution in [2.75, 3.05) is 0 Å². The molecule has 0 spiro atoms. The van der Waals surface area contributed by atoms with Gasteiger partial charge in [0, 0.05) is 0 Å². The predicted octanol–water partition coefficient (Wildman–Crippen LogP) is 7.15. The van der Waals surface area contributed by atoms with E-state index in [0.29, 0.717) is 23.0 Å². The highest BCUT2D eigenvalue weighted by atomic mass is 16.7. The van der Waals surface area contributed by atoms with Crippen molar-refractivity contribution in [1.29, 1.82) is 0 Å². The minimum atomic E-state index is -0.739. The number of aryl methyl sites for hydroxylation is 2. The summed E-state index contributed by atoms with van der Waals surface area (Å²) < 4.78 is 20.2. The van der Waals surface area contributed by atoms with E-state index in [1.807, 2.05) is 62.4 Å². The molecule has 6 nitrogen and oxygen atoms in total. The Labute approximate surface area is 198 Å². The van der Waals surface area contributed by atoms with Gasteiger partial charge < -0.3 is 18.9 Å². The smallest absolute Gasteiger partial charge is 0.395 e. The van der Waals surface area contributed by atoms with Gasteiger partial charge in [-0.2, -0.15) is 0 Å². The van der Waals surface area contributed by atoms with Crippen molar-refractivity contribution in [2.45, 2.75) is 13.8 Å². The van der Waals surface area contributed by atoms with Gasteiger partial charge in [0.2, 0.25) is 0 Å². The van der Waals surface area contributed by atoms with Crippen molar-refractivity contribution in [1.82, 2.24) is 0 Å². The van der Waals surface area contributed by atoms with Crippen molar-refractivity contribution >= 4 is 12.3 Å². The Bertz CT molecular complexity index is 1110. The van der Waals surface area contributed by atoms with Crippen molar-refractivity contribution in [3.05, 3.63) is 120 Å². The van der Waals surface area contributed by atoms with Crippen molar-refractivity contribution in [3.8, 4) is 23.0 Å². The molecule has 34 heavy (non-hydrogen) atoms. The molecule has 4 rings (SSSR count). The van der Waals surface area contributed by atoms with Gasteiger partial charge >= 0.3 is 12.3 Å². The van der Waals surface area contributed by atoms with Crippen LogP contribution in [0.2, 0.25) is 0 Å². The van der Waals surface area contributed by atoms with Crippen LogP contribution in [0.1, 0.15) is 11.1 Å². The third-order valence-electron chi connectivity index (χ3n) is 4.46. The summed E-state index contributed by atoms with van der Waals surface area (Å²) in [6.45, 7) is 3.74. The molecule has 4 aromatic rings. The number of carbonyl (C=O) groups is 2. The maximum atomic E-state index is 11.6. The molecule has 0 amide bonds. The molecule has 0 N–H and O–H groups in total. The first kappa shape index (κ1) is 24.1. The number of hydrogen-bond donors (Lipinski definition) is 0. The number of hydrogen-bond acceptors (Lipinski definition) is 6. The monoisotopic (exact) mass is 456 g/mol. The van der Waals surface area contributed by atoms with E-state index in [0.717, 1.165) is 11.1 Å². The molecule has 0 radical (unpaired) electrons. The number of para-hydroxylation sites is 4. The van der Waals surface area contributed by atoms with Gasteiger partial charge in [-0.1, -0.05) is 72.8 Å². The molecule has 172 valence electrons. The summed E-state index contributed by atoms with van der Waals surface area (Å²) >= 11 is 0. The number of ether oxygens (including phenoxy) is 4. The predicted molar refractivity (Wildman–Crippen MR) is 129 cm³/mol. The van der Waals surface area contributed by atoms with Gasteiger partial charge in [0.05, 0.1) is 0 Å². The number of benzene rings is 4. The Morgan fingerprint density at radius 1 is 0.441 bits per heavy atom. The van der Waals surface area contributed by atoms with Crippen molar-refractivity contribution in [3.63, 3.8) is 0 Å². The highest BCUT2D eigenvalue weighted by Gasteiger charge is 2.10. The Morgan fingerprint density at radius 2 is 0.765 bits per heavy atom. The third-order valence-corrected chi connectivity index (χ3v) is 4.46. The Balaban J connectivity index is 0.000000192. The Kier molecular flexibility index (Phi) is 8.82. The molecule has 0 heterocycles. The van der Waals surface area contributed by atoms with Gasteiger partial charge in [-0.15, -0.1) is 0 Å². The largest absolute Gasteiger partial charge is 0.519 e. The second-order valence-corrected chi connectivity index (χ2v) is 7.07. The van der Waals surface area contributed by atoms with Crippen LogP contribution in [0.15, 0.2) is 109 Å². The Morgan fingerprint density at radius 3 is 1.15 bits per heavy atom. The van der Waals surface area contributed by atoms with Crippen LogP contribution in [0, 0.1) is 13.8 Å². The summed E-state index contributed by atoms with van der Waals surface area (Å²) in [6.07, 6.45) is -1.46. The first-order valence-corrected chi connectivity index (χ1v) is 10.5. The second-order valence-electron chi connectivity index (χ2n) is 7.07. The third kappa shape index (κ3) is 7.84. The summed E-state index contributed by atoms with van der Waals surface area (Å²) in [7, 11) is 0. The number of rotatable bonds is 4. The van der Waals surface area contributed by atoms with E-state index in [9.17, 15) is 9.59 Å². The van der Waals surface area contributed by atoms with Crippen LogP contribution in [0.4, 0.5) is 9.59 Å². The van der Waals surface area contributed by atoms with Crippen LogP contribution in [-0.4, -0.2) is 12.3 Å². The summed E-state index contributed by atoms with van der Waals surface area (Å²) in [4.78, 5) is 23.0. The summed E-state index contributed by atoms with van der Waals surface area (Å²) in [6, 6.07) is 32.2. The minimum Gasteiger partial charge on any atom is -0.395 e. The van der Waals surface area contributed by atoms with E-state index < -0.39 is 12.3 Å². The molecular weight excluding hydrogens is 432 g/mol. The molecule has 0 atom stereocenters. The van der Waals surface area contributed by atoms with Crippen LogP contribution in [0.25, 0.3) is 0 Å². The molecule has 0 unspecified atom stereocenters. The quantitative estimate of drug-likeness (QED) is 0.240. The fourth-order valence-corrected chi connectivity index (χ4v) is 2.73. The van der Waals surface area contributed by atoms with Gasteiger partial charge in [-0.25, -0.2) is 9.59 Å². The first-order chi connectivity index (χ1) is 16.5. The molecule has 0 saturated heterocycles. The SMILES string of the molecule is Cc1ccccc1OC(=O)Oc1ccccc1C.O=C(Oc1ccccc1)Oc1ccccc1. The lowest BCUT2D eigenvalue weighted by Gasteiger charge is -2.08. The summed E-state index contributed by atoms with van der Waals surface area (Å²) in [5.74, 6) is 1.94. The van der Waals surface area contributed by atoms with Gasteiger partial charge in [-0.3, -0.25) is 0 Å². The topological polar surface area (TPSA) is 71.1 Å². The van der Waals surface area contributed by atoms with E-state index >= 15 is 0 Å². The summed E-state index contributed by atoms with van der Waals surface area (Å²) in [5.41, 5.74) is 1.78. The van der Waals surface area contributed by atoms with Crippen LogP contribution in [-0.2, 0) is 0 Å². The molecule has 6 heteroatoms. The molecular formula is C28H24O6. The maximum absolute atomic E-state index is 11.6. The fourth-order valence-electron chi connectivity index (χ4n) is 2.73. The fraction of sp³-hybridized carbons (Fsp3) is 0.0714. The first-order valence-electron chi connectivity index (χ1n) is 10.5. The zero-order chi connectivity index (χ0) is 24.2. The minimum absolute atomic E-state index is 0.462. The van der Waals surface area contributed by atoms with E-state index in [-0.39, 0.29) is 0 Å². The van der Waals surface area contributed by atoms with Crippen LogP contribution < -0.4 is 18.9 Å². The average molecular weight is 456 g/mol. The summed E-state index contributed by atoms with van der Waals surface area (Å²) in [5, 5.41) is 0. The van der Waals surface area contributed by atoms with Crippen molar-refractivity contribution < 1.29 is 28.5 Å². The second kappa shape index (κ2) is 12.5. The maximum Gasteiger partial charge on any atom is 0.519 e. The Hall–Kier alpha value is -4.58. The molecule has 0 fully saturated rings. The van der Waals surface area contributed by atoms with E-state index in [2.05, 4.69) is 0 Å². The van der Waals surface area contributed by atoms with E-state index in [1.165, 1.54) is 0 Å². The average Bonchev–Trinajstić information content (AvgIpc) is 2.84. The van der Waals surface area contributed by atoms with Gasteiger partial charge in [-0.05, 0) is 61.4 Å². The molecule has 0 aliphatic rings. The molecule has 0 aliphatic heterocycles. The zero-order valence-electron chi connectivity index (χ0n) is 18.8. The zero-order valence-corrected chi connectivity index (χ0v) is 18.8. The van der Waals surface area contributed by atoms with Gasteiger partial charge in [0.1, 0.15) is 23.0 Å². The van der Waals surface area contributed by atoms with Gasteiger partial charge in [0.15, 0.2) is 0 Å². The molecule has 4 aromatic carbocycles. The standard InChI is InChI=1S/C15H14O3.C13H10O3/c1-11-7-3-5-9-13(11)17-15(16)18-14-10-6-4-8-12(14)2;14-13(15-11-7-3-1-4-8-11)16-12-9-5-2-6-10-12/h3-10H,1-2H3;1-10H. The highest BCUT2D eigenvalue weighted by Crippen LogP contribution is 2.20. The van der Waals surface area contributed by atoms with Crippen LogP contribution in [0.5, 0.6) is 23.0 Å². The number of carbonyl (C=O) groups excluding carboxylic acids is 2. The van der Waals surface area contributed by atoms with Gasteiger partial charge in [0.25, 0.3) is 0 Å². The van der Waals surface area contributed by atoms with Crippen LogP contribution >= 0.6 is 0 Å². The molecule has 0 aromatic heterocycles. The highest BCUT2D eigenvalue weighted by molar-refractivity contribution is 5.68. The lowest BCUT2D eigenvalue weighted by molar-refractivity contribution is 0.150. The van der Waals surface area contributed by atoms with Crippen molar-refractivity contribution in [2.24, 2.45) is 0 Å².